The van der Waals surface area contributed by atoms with E-state index in [-0.39, 0.29) is 44.7 Å². The molecule has 46 heavy (non-hydrogen) atoms. The van der Waals surface area contributed by atoms with Gasteiger partial charge in [0.1, 0.15) is 17.2 Å². The van der Waals surface area contributed by atoms with Gasteiger partial charge >= 0.3 is 0 Å². The summed E-state index contributed by atoms with van der Waals surface area (Å²) in [5, 5.41) is 6.10. The van der Waals surface area contributed by atoms with Crippen LogP contribution in [0.2, 0.25) is 15.1 Å². The zero-order valence-electron chi connectivity index (χ0n) is 27.1. The van der Waals surface area contributed by atoms with E-state index in [1.165, 1.54) is 30.5 Å². The van der Waals surface area contributed by atoms with Crippen LogP contribution < -0.4 is 14.5 Å². The predicted octanol–water partition coefficient (Wildman–Crippen LogP) is 10.3. The van der Waals surface area contributed by atoms with Gasteiger partial charge in [0, 0.05) is 23.6 Å². The van der Waals surface area contributed by atoms with Crippen LogP contribution in [0.4, 0.5) is 11.4 Å². The van der Waals surface area contributed by atoms with Crippen LogP contribution in [0.25, 0.3) is 0 Å². The summed E-state index contributed by atoms with van der Waals surface area (Å²) in [6, 6.07) is 16.5. The SMILES string of the molecule is CCC(C)(C)c1ccc(OC(C)OC=Nc2cccc(OC=NC3=NN(c4c(Cl)cc(Cl)cc4Cl)C(=O)C3)c2)c(C(C)(C)CC)c1. The molecule has 8 nitrogen and oxygen atoms in total. The van der Waals surface area contributed by atoms with E-state index < -0.39 is 6.29 Å². The first-order valence-corrected chi connectivity index (χ1v) is 16.2. The van der Waals surface area contributed by atoms with Gasteiger partial charge in [0.15, 0.2) is 18.6 Å². The summed E-state index contributed by atoms with van der Waals surface area (Å²) in [7, 11) is 0. The molecule has 0 fully saturated rings. The van der Waals surface area contributed by atoms with Gasteiger partial charge in [-0.15, -0.1) is 5.10 Å². The van der Waals surface area contributed by atoms with Gasteiger partial charge in [-0.25, -0.2) is 9.98 Å². The lowest BCUT2D eigenvalue weighted by Crippen LogP contribution is -2.23. The number of hydrazone groups is 1. The normalized spacial score (nSPS) is 14.7. The van der Waals surface area contributed by atoms with Crippen LogP contribution in [0, 0.1) is 0 Å². The molecule has 1 heterocycles. The van der Waals surface area contributed by atoms with E-state index >= 15 is 0 Å². The number of carbonyl (C=O) groups excluding carboxylic acids is 1. The number of halogens is 3. The molecule has 0 aromatic heterocycles. The molecular weight excluding hydrogens is 647 g/mol. The van der Waals surface area contributed by atoms with Crippen molar-refractivity contribution < 1.29 is 19.0 Å². The van der Waals surface area contributed by atoms with Gasteiger partial charge in [0.25, 0.3) is 5.91 Å². The van der Waals surface area contributed by atoms with E-state index in [9.17, 15) is 4.79 Å². The van der Waals surface area contributed by atoms with Gasteiger partial charge in [0.05, 0.1) is 22.2 Å². The fourth-order valence-corrected chi connectivity index (χ4v) is 5.52. The van der Waals surface area contributed by atoms with E-state index in [0.717, 1.165) is 29.2 Å². The average molecular weight is 686 g/mol. The third-order valence-electron chi connectivity index (χ3n) is 8.17. The van der Waals surface area contributed by atoms with Gasteiger partial charge in [-0.2, -0.15) is 5.01 Å². The van der Waals surface area contributed by atoms with Gasteiger partial charge in [-0.1, -0.05) is 94.5 Å². The lowest BCUT2D eigenvalue weighted by molar-refractivity contribution is -0.116. The standard InChI is InChI=1S/C35H39Cl3N4O4/c1-8-34(4,5)23-13-14-30(27(15-23)35(6,7)9-2)46-22(3)44-20-39-25-11-10-12-26(18-25)45-21-40-31-19-32(43)42(41-31)33-28(37)16-24(36)17-29(33)38/h10-18,20-22H,8-9,19H2,1-7H3. The molecule has 0 radical (unpaired) electrons. The Bertz CT molecular complexity index is 1650. The van der Waals surface area contributed by atoms with Crippen LogP contribution in [0.15, 0.2) is 69.7 Å². The van der Waals surface area contributed by atoms with Crippen molar-refractivity contribution in [3.05, 3.63) is 80.8 Å². The largest absolute Gasteiger partial charge is 0.455 e. The van der Waals surface area contributed by atoms with Gasteiger partial charge in [-0.05, 0) is 59.6 Å². The number of hydrogen-bond donors (Lipinski definition) is 0. The minimum Gasteiger partial charge on any atom is -0.455 e. The van der Waals surface area contributed by atoms with E-state index in [1.54, 1.807) is 18.2 Å². The van der Waals surface area contributed by atoms with E-state index in [1.807, 2.05) is 19.1 Å². The summed E-state index contributed by atoms with van der Waals surface area (Å²) in [6.45, 7) is 15.2. The Balaban J connectivity index is 1.37. The lowest BCUT2D eigenvalue weighted by Gasteiger charge is -2.31. The van der Waals surface area contributed by atoms with Crippen molar-refractivity contribution in [2.24, 2.45) is 15.1 Å². The summed E-state index contributed by atoms with van der Waals surface area (Å²) in [4.78, 5) is 21.1. The highest BCUT2D eigenvalue weighted by Gasteiger charge is 2.29. The number of carbonyl (C=O) groups is 1. The van der Waals surface area contributed by atoms with Gasteiger partial charge in [0.2, 0.25) is 6.29 Å². The van der Waals surface area contributed by atoms with E-state index in [0.29, 0.717) is 16.5 Å². The van der Waals surface area contributed by atoms with Crippen LogP contribution in [0.3, 0.4) is 0 Å². The molecule has 244 valence electrons. The number of amides is 1. The molecule has 0 aliphatic carbocycles. The topological polar surface area (TPSA) is 85.1 Å². The van der Waals surface area contributed by atoms with Crippen LogP contribution in [-0.2, 0) is 20.4 Å². The number of rotatable bonds is 12. The zero-order chi connectivity index (χ0) is 33.6. The van der Waals surface area contributed by atoms with Crippen molar-refractivity contribution >= 4 is 70.7 Å². The molecule has 4 rings (SSSR count). The highest BCUT2D eigenvalue weighted by molar-refractivity contribution is 6.42. The Labute approximate surface area is 286 Å². The first-order chi connectivity index (χ1) is 21.7. The Kier molecular flexibility index (Phi) is 11.4. The molecule has 0 N–H and O–H groups in total. The van der Waals surface area contributed by atoms with Crippen molar-refractivity contribution in [1.82, 2.24) is 0 Å². The number of ether oxygens (including phenoxy) is 3. The average Bonchev–Trinajstić information content (AvgIpc) is 3.36. The van der Waals surface area contributed by atoms with Crippen LogP contribution >= 0.6 is 34.8 Å². The molecule has 0 spiro atoms. The quantitative estimate of drug-likeness (QED) is 0.108. The lowest BCUT2D eigenvalue weighted by atomic mass is 9.76. The smallest absolute Gasteiger partial charge is 0.255 e. The Morgan fingerprint density at radius 2 is 1.63 bits per heavy atom. The molecule has 11 heteroatoms. The summed E-state index contributed by atoms with van der Waals surface area (Å²) in [5.74, 6) is 1.18. The molecule has 1 unspecified atom stereocenters. The first kappa shape index (κ1) is 35.3. The maximum Gasteiger partial charge on any atom is 0.255 e. The van der Waals surface area contributed by atoms with Crippen molar-refractivity contribution in [2.75, 3.05) is 5.01 Å². The maximum atomic E-state index is 12.5. The van der Waals surface area contributed by atoms with Crippen molar-refractivity contribution in [2.45, 2.75) is 84.8 Å². The Morgan fingerprint density at radius 1 is 0.935 bits per heavy atom. The number of benzene rings is 3. The highest BCUT2D eigenvalue weighted by Crippen LogP contribution is 2.40. The highest BCUT2D eigenvalue weighted by atomic mass is 35.5. The van der Waals surface area contributed by atoms with Crippen LogP contribution in [0.5, 0.6) is 11.5 Å². The molecule has 3 aromatic carbocycles. The number of hydrogen-bond acceptors (Lipinski definition) is 7. The number of amidine groups is 1. The molecule has 0 saturated carbocycles. The fraction of sp³-hybridized carbons (Fsp3) is 0.371. The zero-order valence-corrected chi connectivity index (χ0v) is 29.4. The second-order valence-electron chi connectivity index (χ2n) is 12.2. The second-order valence-corrected chi connectivity index (χ2v) is 13.5. The van der Waals surface area contributed by atoms with Gasteiger partial charge < -0.3 is 14.2 Å². The number of anilines is 1. The van der Waals surface area contributed by atoms with Gasteiger partial charge in [-0.3, -0.25) is 4.79 Å². The fourth-order valence-electron chi connectivity index (χ4n) is 4.55. The molecule has 1 amide bonds. The summed E-state index contributed by atoms with van der Waals surface area (Å²) >= 11 is 18.5. The minimum atomic E-state index is -0.571. The number of nitrogens with zero attached hydrogens (tertiary/aromatic N) is 4. The Morgan fingerprint density at radius 3 is 2.30 bits per heavy atom. The van der Waals surface area contributed by atoms with Crippen LogP contribution in [-0.4, -0.2) is 30.8 Å². The van der Waals surface area contributed by atoms with E-state index in [2.05, 4.69) is 68.8 Å². The van der Waals surface area contributed by atoms with Crippen molar-refractivity contribution in [3.63, 3.8) is 0 Å². The summed E-state index contributed by atoms with van der Waals surface area (Å²) < 4.78 is 17.7. The third kappa shape index (κ3) is 8.60. The molecule has 1 aliphatic heterocycles. The predicted molar refractivity (Wildman–Crippen MR) is 189 cm³/mol. The minimum absolute atomic E-state index is 0.0463. The first-order valence-electron chi connectivity index (χ1n) is 15.1. The molecule has 1 aliphatic rings. The monoisotopic (exact) mass is 684 g/mol. The Hall–Kier alpha value is -3.59. The molecule has 0 bridgehead atoms. The van der Waals surface area contributed by atoms with Crippen molar-refractivity contribution in [1.29, 1.82) is 0 Å². The maximum absolute atomic E-state index is 12.5. The molecule has 0 saturated heterocycles. The molecular formula is C35H39Cl3N4O4. The molecule has 3 aromatic rings. The summed E-state index contributed by atoms with van der Waals surface area (Å²) in [6.07, 6.45) is 3.96. The second kappa shape index (κ2) is 14.9. The van der Waals surface area contributed by atoms with Crippen molar-refractivity contribution in [3.8, 4) is 11.5 Å². The summed E-state index contributed by atoms with van der Waals surface area (Å²) in [5.41, 5.74) is 3.30. The molecule has 1 atom stereocenters. The number of aliphatic imine (C=N–C) groups is 2. The third-order valence-corrected chi connectivity index (χ3v) is 8.96. The van der Waals surface area contributed by atoms with E-state index in [4.69, 9.17) is 49.0 Å². The van der Waals surface area contributed by atoms with Crippen LogP contribution in [0.1, 0.15) is 78.9 Å².